The van der Waals surface area contributed by atoms with Crippen LogP contribution in [0.4, 0.5) is 0 Å². The summed E-state index contributed by atoms with van der Waals surface area (Å²) in [4.78, 5) is 24.3. The van der Waals surface area contributed by atoms with E-state index >= 15 is 0 Å². The summed E-state index contributed by atoms with van der Waals surface area (Å²) in [5.41, 5.74) is 0. The van der Waals surface area contributed by atoms with Gasteiger partial charge in [0.05, 0.1) is 5.25 Å². The zero-order valence-electron chi connectivity index (χ0n) is 11.5. The summed E-state index contributed by atoms with van der Waals surface area (Å²) < 4.78 is 5.50. The first kappa shape index (κ1) is 14.7. The normalized spacial score (nSPS) is 34.4. The molecule has 0 aromatic heterocycles. The molecule has 0 spiro atoms. The average molecular weight is 326 g/mol. The highest BCUT2D eigenvalue weighted by Gasteiger charge is 2.55. The largest absolute Gasteiger partial charge is 0.459 e. The van der Waals surface area contributed by atoms with Crippen molar-refractivity contribution in [1.82, 2.24) is 5.32 Å². The summed E-state index contributed by atoms with van der Waals surface area (Å²) in [7, 11) is 0. The second-order valence-corrected chi connectivity index (χ2v) is 7.20. The number of nitrogens with one attached hydrogen (secondary N) is 1. The Balaban J connectivity index is 1.76. The molecule has 0 bridgehead atoms. The van der Waals surface area contributed by atoms with Gasteiger partial charge in [-0.05, 0) is 18.6 Å². The molecule has 2 aliphatic rings. The van der Waals surface area contributed by atoms with Gasteiger partial charge in [0.2, 0.25) is 5.91 Å². The lowest BCUT2D eigenvalue weighted by atomic mass is 9.99. The second kappa shape index (κ2) is 5.89. The first-order valence-corrected chi connectivity index (χ1v) is 8.21. The number of alkyl halides is 1. The molecule has 2 unspecified atom stereocenters. The predicted octanol–water partition coefficient (Wildman–Crippen LogP) is 2.20. The van der Waals surface area contributed by atoms with E-state index in [-0.39, 0.29) is 34.5 Å². The van der Waals surface area contributed by atoms with Crippen LogP contribution in [0.15, 0.2) is 35.2 Å². The molecule has 1 aromatic carbocycles. The fourth-order valence-electron chi connectivity index (χ4n) is 3.02. The van der Waals surface area contributed by atoms with Crippen LogP contribution in [0.5, 0.6) is 0 Å². The third kappa shape index (κ3) is 2.90. The second-order valence-electron chi connectivity index (χ2n) is 5.39. The van der Waals surface area contributed by atoms with E-state index in [0.29, 0.717) is 6.42 Å². The maximum atomic E-state index is 11.9. The van der Waals surface area contributed by atoms with Crippen molar-refractivity contribution in [2.24, 2.45) is 5.92 Å². The molecule has 5 atom stereocenters. The number of benzene rings is 1. The molecular formula is C15H16ClNO3S. The molecule has 1 saturated carbocycles. The van der Waals surface area contributed by atoms with Gasteiger partial charge in [-0.2, -0.15) is 0 Å². The third-order valence-corrected chi connectivity index (χ3v) is 5.92. The molecule has 112 valence electrons. The molecule has 6 heteroatoms. The molecule has 21 heavy (non-hydrogen) atoms. The molecule has 0 radical (unpaired) electrons. The van der Waals surface area contributed by atoms with Crippen LogP contribution in [0.2, 0.25) is 0 Å². The molecule has 1 amide bonds. The molecule has 1 aliphatic heterocycles. The van der Waals surface area contributed by atoms with Crippen molar-refractivity contribution in [2.75, 3.05) is 0 Å². The highest BCUT2D eigenvalue weighted by molar-refractivity contribution is 8.00. The average Bonchev–Trinajstić information content (AvgIpc) is 2.89. The first-order valence-electron chi connectivity index (χ1n) is 6.89. The van der Waals surface area contributed by atoms with E-state index in [0.717, 1.165) is 4.90 Å². The first-order chi connectivity index (χ1) is 10.1. The van der Waals surface area contributed by atoms with Crippen molar-refractivity contribution in [3.8, 4) is 0 Å². The summed E-state index contributed by atoms with van der Waals surface area (Å²) in [6.07, 6.45) is 0.440. The molecule has 2 fully saturated rings. The lowest BCUT2D eigenvalue weighted by Crippen LogP contribution is -2.41. The van der Waals surface area contributed by atoms with E-state index in [1.807, 2.05) is 30.3 Å². The lowest BCUT2D eigenvalue weighted by Gasteiger charge is -2.19. The number of esters is 1. The highest BCUT2D eigenvalue weighted by Crippen LogP contribution is 2.46. The molecule has 1 aliphatic carbocycles. The van der Waals surface area contributed by atoms with E-state index in [4.69, 9.17) is 16.3 Å². The molecule has 1 heterocycles. The fourth-order valence-corrected chi connectivity index (χ4v) is 4.80. The van der Waals surface area contributed by atoms with Gasteiger partial charge in [-0.1, -0.05) is 18.2 Å². The zero-order chi connectivity index (χ0) is 15.0. The fraction of sp³-hybridized carbons (Fsp3) is 0.467. The van der Waals surface area contributed by atoms with Gasteiger partial charge in [0.15, 0.2) is 0 Å². The minimum Gasteiger partial charge on any atom is -0.459 e. The van der Waals surface area contributed by atoms with E-state index in [9.17, 15) is 9.59 Å². The Hall–Kier alpha value is -1.20. The van der Waals surface area contributed by atoms with Crippen LogP contribution in [0.25, 0.3) is 0 Å². The Morgan fingerprint density at radius 2 is 2.10 bits per heavy atom. The Morgan fingerprint density at radius 1 is 1.38 bits per heavy atom. The van der Waals surface area contributed by atoms with Gasteiger partial charge in [-0.3, -0.25) is 4.79 Å². The van der Waals surface area contributed by atoms with Crippen LogP contribution in [0, 0.1) is 5.92 Å². The van der Waals surface area contributed by atoms with Gasteiger partial charge >= 0.3 is 5.97 Å². The van der Waals surface area contributed by atoms with Crippen molar-refractivity contribution in [3.63, 3.8) is 0 Å². The van der Waals surface area contributed by atoms with E-state index in [1.165, 1.54) is 6.92 Å². The zero-order valence-corrected chi connectivity index (χ0v) is 13.1. The number of carbonyl (C=O) groups is 2. The van der Waals surface area contributed by atoms with Crippen molar-refractivity contribution in [2.45, 2.75) is 41.0 Å². The predicted molar refractivity (Wildman–Crippen MR) is 81.3 cm³/mol. The Labute approximate surface area is 132 Å². The Bertz CT molecular complexity index is 553. The maximum absolute atomic E-state index is 11.9. The monoisotopic (exact) mass is 325 g/mol. The van der Waals surface area contributed by atoms with Crippen LogP contribution in [0.3, 0.4) is 0 Å². The number of ether oxygens (including phenoxy) is 1. The third-order valence-electron chi connectivity index (χ3n) is 3.91. The van der Waals surface area contributed by atoms with Gasteiger partial charge in [0.25, 0.3) is 0 Å². The summed E-state index contributed by atoms with van der Waals surface area (Å²) in [6.45, 7) is 1.41. The van der Waals surface area contributed by atoms with Gasteiger partial charge in [0.1, 0.15) is 12.1 Å². The van der Waals surface area contributed by atoms with Crippen molar-refractivity contribution >= 4 is 35.2 Å². The summed E-state index contributed by atoms with van der Waals surface area (Å²) in [5, 5.41) is 2.63. The topological polar surface area (TPSA) is 55.4 Å². The Morgan fingerprint density at radius 3 is 2.76 bits per heavy atom. The van der Waals surface area contributed by atoms with Crippen molar-refractivity contribution in [3.05, 3.63) is 30.3 Å². The molecular weight excluding hydrogens is 310 g/mol. The molecule has 1 saturated heterocycles. The summed E-state index contributed by atoms with van der Waals surface area (Å²) in [5.74, 6) is -0.601. The van der Waals surface area contributed by atoms with Crippen LogP contribution in [-0.2, 0) is 14.3 Å². The van der Waals surface area contributed by atoms with Crippen LogP contribution in [0.1, 0.15) is 13.3 Å². The SMILES string of the molecule is CC(=O)N[C@H]1C(=O)OC2C1C[C@H](Cl)[C@H]2Sc1ccccc1. The van der Waals surface area contributed by atoms with Crippen molar-refractivity contribution < 1.29 is 14.3 Å². The Kier molecular flexibility index (Phi) is 4.13. The smallest absolute Gasteiger partial charge is 0.329 e. The van der Waals surface area contributed by atoms with Crippen LogP contribution < -0.4 is 5.32 Å². The maximum Gasteiger partial charge on any atom is 0.329 e. The van der Waals surface area contributed by atoms with Gasteiger partial charge < -0.3 is 10.1 Å². The number of hydrogen-bond donors (Lipinski definition) is 1. The number of rotatable bonds is 3. The van der Waals surface area contributed by atoms with E-state index in [2.05, 4.69) is 5.32 Å². The van der Waals surface area contributed by atoms with E-state index in [1.54, 1.807) is 11.8 Å². The van der Waals surface area contributed by atoms with Gasteiger partial charge in [-0.15, -0.1) is 23.4 Å². The minimum absolute atomic E-state index is 0.0155. The molecule has 1 aromatic rings. The minimum atomic E-state index is -0.560. The number of thioether (sulfide) groups is 1. The van der Waals surface area contributed by atoms with E-state index < -0.39 is 6.04 Å². The number of halogens is 1. The van der Waals surface area contributed by atoms with Crippen LogP contribution in [-0.4, -0.2) is 34.6 Å². The van der Waals surface area contributed by atoms with Crippen molar-refractivity contribution in [1.29, 1.82) is 0 Å². The van der Waals surface area contributed by atoms with Crippen LogP contribution >= 0.6 is 23.4 Å². The van der Waals surface area contributed by atoms with Gasteiger partial charge in [0, 0.05) is 23.1 Å². The number of fused-ring (bicyclic) bond motifs is 1. The standard InChI is InChI=1S/C15H16ClNO3S/c1-8(18)17-12-10-7-11(16)14(13(10)20-15(12)19)21-9-5-3-2-4-6-9/h2-6,10-14H,7H2,1H3,(H,17,18)/t10?,11-,12+,13?,14+/m0/s1. The molecule has 3 rings (SSSR count). The summed E-state index contributed by atoms with van der Waals surface area (Å²) >= 11 is 8.09. The number of amides is 1. The molecule has 1 N–H and O–H groups in total. The summed E-state index contributed by atoms with van der Waals surface area (Å²) in [6, 6.07) is 9.38. The quantitative estimate of drug-likeness (QED) is 0.684. The molecule has 4 nitrogen and oxygen atoms in total. The lowest BCUT2D eigenvalue weighted by molar-refractivity contribution is -0.144. The van der Waals surface area contributed by atoms with Gasteiger partial charge in [-0.25, -0.2) is 4.79 Å². The highest BCUT2D eigenvalue weighted by atomic mass is 35.5. The number of hydrogen-bond acceptors (Lipinski definition) is 4. The number of carbonyl (C=O) groups excluding carboxylic acids is 2.